The highest BCUT2D eigenvalue weighted by Crippen LogP contribution is 2.27. The third kappa shape index (κ3) is 4.01. The Morgan fingerprint density at radius 2 is 1.86 bits per heavy atom. The predicted octanol–water partition coefficient (Wildman–Crippen LogP) is 3.33. The molecule has 4 nitrogen and oxygen atoms in total. The van der Waals surface area contributed by atoms with Crippen molar-refractivity contribution in [2.24, 2.45) is 5.92 Å². The van der Waals surface area contributed by atoms with E-state index >= 15 is 0 Å². The van der Waals surface area contributed by atoms with Gasteiger partial charge >= 0.3 is 0 Å². The summed E-state index contributed by atoms with van der Waals surface area (Å²) < 4.78 is 0. The lowest BCUT2D eigenvalue weighted by atomic mass is 9.87. The van der Waals surface area contributed by atoms with E-state index in [9.17, 15) is 9.90 Å². The summed E-state index contributed by atoms with van der Waals surface area (Å²) in [5.74, 6) is 0.121. The van der Waals surface area contributed by atoms with Crippen LogP contribution in [0.2, 0.25) is 0 Å². The highest BCUT2D eigenvalue weighted by atomic mass is 16.3. The molecule has 1 aromatic carbocycles. The van der Waals surface area contributed by atoms with E-state index in [0.29, 0.717) is 0 Å². The Kier molecular flexibility index (Phi) is 5.83. The van der Waals surface area contributed by atoms with Crippen LogP contribution in [-0.2, 0) is 4.79 Å². The van der Waals surface area contributed by atoms with Crippen molar-refractivity contribution < 1.29 is 9.90 Å². The largest absolute Gasteiger partial charge is 0.393 e. The number of hydrogen-bond donors (Lipinski definition) is 2. The molecule has 0 unspecified atom stereocenters. The molecule has 122 valence electrons. The zero-order chi connectivity index (χ0) is 16.1. The molecule has 1 amide bonds. The average Bonchev–Trinajstić information content (AvgIpc) is 2.51. The number of nitrogens with zero attached hydrogens (tertiary/aromatic N) is 1. The second kappa shape index (κ2) is 7.63. The van der Waals surface area contributed by atoms with Crippen LogP contribution < -0.4 is 10.2 Å². The number of carbonyl (C=O) groups is 1. The smallest absolute Gasteiger partial charge is 0.227 e. The van der Waals surface area contributed by atoms with Gasteiger partial charge in [-0.15, -0.1) is 0 Å². The maximum atomic E-state index is 12.4. The van der Waals surface area contributed by atoms with E-state index in [-0.39, 0.29) is 17.9 Å². The summed E-state index contributed by atoms with van der Waals surface area (Å²) in [5, 5.41) is 12.6. The number of carbonyl (C=O) groups excluding carboxylic acids is 1. The molecule has 0 spiro atoms. The van der Waals surface area contributed by atoms with Crippen molar-refractivity contribution in [3.63, 3.8) is 0 Å². The Bertz CT molecular complexity index is 504. The van der Waals surface area contributed by atoms with Crippen LogP contribution in [0.4, 0.5) is 11.4 Å². The van der Waals surface area contributed by atoms with E-state index in [4.69, 9.17) is 0 Å². The van der Waals surface area contributed by atoms with Crippen molar-refractivity contribution in [2.45, 2.75) is 52.6 Å². The summed E-state index contributed by atoms with van der Waals surface area (Å²) in [7, 11) is 0. The lowest BCUT2D eigenvalue weighted by molar-refractivity contribution is -0.121. The van der Waals surface area contributed by atoms with Gasteiger partial charge in [0.15, 0.2) is 0 Å². The standard InChI is InChI=1S/C18H28N2O2/c1-4-20(5-2)15-8-11-17(13(3)12-15)19-18(22)14-6-9-16(21)10-7-14/h8,11-12,14,16,21H,4-7,9-10H2,1-3H3,(H,19,22). The molecule has 1 fully saturated rings. The first-order valence-electron chi connectivity index (χ1n) is 8.39. The van der Waals surface area contributed by atoms with Gasteiger partial charge in [0, 0.05) is 30.4 Å². The van der Waals surface area contributed by atoms with Crippen LogP contribution in [0.25, 0.3) is 0 Å². The SMILES string of the molecule is CCN(CC)c1ccc(NC(=O)C2CCC(O)CC2)c(C)c1. The van der Waals surface area contributed by atoms with Gasteiger partial charge in [0.25, 0.3) is 0 Å². The van der Waals surface area contributed by atoms with Gasteiger partial charge in [-0.1, -0.05) is 0 Å². The molecule has 0 heterocycles. The molecule has 2 N–H and O–H groups in total. The second-order valence-electron chi connectivity index (χ2n) is 6.17. The van der Waals surface area contributed by atoms with Gasteiger partial charge in [0.2, 0.25) is 5.91 Å². The molecule has 0 aromatic heterocycles. The monoisotopic (exact) mass is 304 g/mol. The fourth-order valence-electron chi connectivity index (χ4n) is 3.15. The van der Waals surface area contributed by atoms with Gasteiger partial charge in [-0.3, -0.25) is 4.79 Å². The summed E-state index contributed by atoms with van der Waals surface area (Å²) in [4.78, 5) is 14.6. The number of nitrogens with one attached hydrogen (secondary N) is 1. The van der Waals surface area contributed by atoms with Gasteiger partial charge in [0.1, 0.15) is 0 Å². The van der Waals surface area contributed by atoms with Crippen LogP contribution in [0.15, 0.2) is 18.2 Å². The fourth-order valence-corrected chi connectivity index (χ4v) is 3.15. The minimum absolute atomic E-state index is 0.0326. The van der Waals surface area contributed by atoms with Crippen LogP contribution in [0.1, 0.15) is 45.1 Å². The third-order valence-corrected chi connectivity index (χ3v) is 4.66. The Morgan fingerprint density at radius 3 is 2.41 bits per heavy atom. The zero-order valence-corrected chi connectivity index (χ0v) is 13.9. The number of rotatable bonds is 5. The Balaban J connectivity index is 2.02. The molecule has 0 bridgehead atoms. The average molecular weight is 304 g/mol. The van der Waals surface area contributed by atoms with E-state index in [2.05, 4.69) is 36.2 Å². The first kappa shape index (κ1) is 16.8. The van der Waals surface area contributed by atoms with Crippen LogP contribution in [-0.4, -0.2) is 30.2 Å². The summed E-state index contributed by atoms with van der Waals surface area (Å²) in [6.45, 7) is 8.28. The maximum Gasteiger partial charge on any atom is 0.227 e. The van der Waals surface area contributed by atoms with Crippen molar-refractivity contribution >= 4 is 17.3 Å². The predicted molar refractivity (Wildman–Crippen MR) is 91.3 cm³/mol. The number of aliphatic hydroxyl groups excluding tert-OH is 1. The van der Waals surface area contributed by atoms with Crippen molar-refractivity contribution in [3.05, 3.63) is 23.8 Å². The van der Waals surface area contributed by atoms with Crippen molar-refractivity contribution in [2.75, 3.05) is 23.3 Å². The summed E-state index contributed by atoms with van der Waals surface area (Å²) in [6.07, 6.45) is 2.81. The highest BCUT2D eigenvalue weighted by molar-refractivity contribution is 5.93. The molecular formula is C18H28N2O2. The summed E-state index contributed by atoms with van der Waals surface area (Å²) in [5.41, 5.74) is 3.18. The molecule has 1 aliphatic rings. The van der Waals surface area contributed by atoms with E-state index in [1.54, 1.807) is 0 Å². The van der Waals surface area contributed by atoms with Crippen LogP contribution in [0.3, 0.4) is 0 Å². The molecule has 0 radical (unpaired) electrons. The minimum atomic E-state index is -0.223. The van der Waals surface area contributed by atoms with E-state index < -0.39 is 0 Å². The van der Waals surface area contributed by atoms with Gasteiger partial charge in [-0.05, 0) is 70.2 Å². The van der Waals surface area contributed by atoms with Crippen LogP contribution in [0.5, 0.6) is 0 Å². The molecular weight excluding hydrogens is 276 g/mol. The molecule has 1 saturated carbocycles. The number of amides is 1. The fraction of sp³-hybridized carbons (Fsp3) is 0.611. The van der Waals surface area contributed by atoms with Crippen molar-refractivity contribution in [1.29, 1.82) is 0 Å². The van der Waals surface area contributed by atoms with Crippen LogP contribution >= 0.6 is 0 Å². The van der Waals surface area contributed by atoms with Crippen molar-refractivity contribution in [1.82, 2.24) is 0 Å². The number of aryl methyl sites for hydroxylation is 1. The maximum absolute atomic E-state index is 12.4. The molecule has 4 heteroatoms. The molecule has 1 aromatic rings. The van der Waals surface area contributed by atoms with Gasteiger partial charge in [-0.2, -0.15) is 0 Å². The third-order valence-electron chi connectivity index (χ3n) is 4.66. The minimum Gasteiger partial charge on any atom is -0.393 e. The first-order valence-corrected chi connectivity index (χ1v) is 8.39. The molecule has 0 atom stereocenters. The normalized spacial score (nSPS) is 21.5. The first-order chi connectivity index (χ1) is 10.5. The highest BCUT2D eigenvalue weighted by Gasteiger charge is 2.25. The quantitative estimate of drug-likeness (QED) is 0.877. The van der Waals surface area contributed by atoms with E-state index in [0.717, 1.165) is 50.0 Å². The van der Waals surface area contributed by atoms with E-state index in [1.807, 2.05) is 13.0 Å². The van der Waals surface area contributed by atoms with Crippen molar-refractivity contribution in [3.8, 4) is 0 Å². The Morgan fingerprint density at radius 1 is 1.23 bits per heavy atom. The summed E-state index contributed by atoms with van der Waals surface area (Å²) in [6, 6.07) is 6.20. The Labute approximate surface area is 133 Å². The zero-order valence-electron chi connectivity index (χ0n) is 13.9. The summed E-state index contributed by atoms with van der Waals surface area (Å²) >= 11 is 0. The molecule has 0 saturated heterocycles. The lowest BCUT2D eigenvalue weighted by Crippen LogP contribution is -2.29. The Hall–Kier alpha value is -1.55. The number of benzene rings is 1. The number of hydrogen-bond acceptors (Lipinski definition) is 3. The topological polar surface area (TPSA) is 52.6 Å². The van der Waals surface area contributed by atoms with Crippen LogP contribution in [0, 0.1) is 12.8 Å². The number of aliphatic hydroxyl groups is 1. The second-order valence-corrected chi connectivity index (χ2v) is 6.17. The van der Waals surface area contributed by atoms with Gasteiger partial charge in [-0.25, -0.2) is 0 Å². The molecule has 2 rings (SSSR count). The number of anilines is 2. The molecule has 1 aliphatic carbocycles. The van der Waals surface area contributed by atoms with E-state index in [1.165, 1.54) is 5.69 Å². The van der Waals surface area contributed by atoms with Gasteiger partial charge < -0.3 is 15.3 Å². The lowest BCUT2D eigenvalue weighted by Gasteiger charge is -2.25. The molecule has 0 aliphatic heterocycles. The molecule has 22 heavy (non-hydrogen) atoms. The van der Waals surface area contributed by atoms with Gasteiger partial charge in [0.05, 0.1) is 6.10 Å².